The summed E-state index contributed by atoms with van der Waals surface area (Å²) in [5.41, 5.74) is 2.30. The van der Waals surface area contributed by atoms with Gasteiger partial charge in [0.15, 0.2) is 5.96 Å². The minimum absolute atomic E-state index is 0. The number of nitrogens with one attached hydrogen (secondary N) is 2. The van der Waals surface area contributed by atoms with E-state index >= 15 is 0 Å². The van der Waals surface area contributed by atoms with Crippen molar-refractivity contribution in [3.8, 4) is 0 Å². The lowest BCUT2D eigenvalue weighted by molar-refractivity contribution is 0.460. The number of anilines is 1. The van der Waals surface area contributed by atoms with Crippen LogP contribution in [0.3, 0.4) is 0 Å². The van der Waals surface area contributed by atoms with Crippen LogP contribution in [0.2, 0.25) is 0 Å². The Morgan fingerprint density at radius 1 is 1.20 bits per heavy atom. The molecule has 0 saturated carbocycles. The van der Waals surface area contributed by atoms with Gasteiger partial charge in [-0.15, -0.1) is 24.0 Å². The van der Waals surface area contributed by atoms with Crippen LogP contribution in [-0.4, -0.2) is 53.6 Å². The standard InChI is InChI=1S/C22H31N5OS.HI/c1-18-8-9-21(25-16-18)27-13-10-20(11-14-27)26-22(23-2)24-12-15-29(28)17-19-6-4-3-5-7-19;/h3-9,16,20H,10-15,17H2,1-2H3,(H2,23,24,26);1H. The molecule has 0 spiro atoms. The van der Waals surface area contributed by atoms with Gasteiger partial charge in [0.1, 0.15) is 5.82 Å². The molecule has 3 rings (SSSR count). The van der Waals surface area contributed by atoms with Gasteiger partial charge in [0, 0.05) is 61.2 Å². The second kappa shape index (κ2) is 12.9. The van der Waals surface area contributed by atoms with E-state index < -0.39 is 10.8 Å². The molecule has 1 aliphatic heterocycles. The van der Waals surface area contributed by atoms with E-state index in [2.05, 4.69) is 44.6 Å². The predicted molar refractivity (Wildman–Crippen MR) is 137 cm³/mol. The zero-order valence-electron chi connectivity index (χ0n) is 17.7. The second-order valence-corrected chi connectivity index (χ2v) is 8.95. The molecule has 1 aliphatic rings. The van der Waals surface area contributed by atoms with E-state index in [1.807, 2.05) is 36.5 Å². The Morgan fingerprint density at radius 2 is 1.93 bits per heavy atom. The Labute approximate surface area is 199 Å². The van der Waals surface area contributed by atoms with Crippen LogP contribution in [-0.2, 0) is 16.6 Å². The number of aliphatic imine (C=N–C) groups is 1. The Morgan fingerprint density at radius 3 is 2.57 bits per heavy atom. The zero-order chi connectivity index (χ0) is 20.5. The molecule has 1 saturated heterocycles. The summed E-state index contributed by atoms with van der Waals surface area (Å²) in [6, 6.07) is 14.6. The molecule has 2 heterocycles. The SMILES string of the molecule is CN=C(NCCS(=O)Cc1ccccc1)NC1CCN(c2ccc(C)cn2)CC1.I. The van der Waals surface area contributed by atoms with Crippen LogP contribution in [0.1, 0.15) is 24.0 Å². The molecule has 6 nitrogen and oxygen atoms in total. The third-order valence-corrected chi connectivity index (χ3v) is 6.39. The summed E-state index contributed by atoms with van der Waals surface area (Å²) in [6.45, 7) is 4.66. The maximum Gasteiger partial charge on any atom is 0.191 e. The molecular formula is C22H32IN5OS. The van der Waals surface area contributed by atoms with Crippen molar-refractivity contribution in [2.24, 2.45) is 4.99 Å². The van der Waals surface area contributed by atoms with Crippen LogP contribution in [0.25, 0.3) is 0 Å². The normalized spacial score (nSPS) is 15.9. The fraction of sp³-hybridized carbons (Fsp3) is 0.455. The van der Waals surface area contributed by atoms with Gasteiger partial charge >= 0.3 is 0 Å². The quantitative estimate of drug-likeness (QED) is 0.321. The summed E-state index contributed by atoms with van der Waals surface area (Å²) in [5.74, 6) is 3.04. The van der Waals surface area contributed by atoms with Gasteiger partial charge in [0.25, 0.3) is 0 Å². The minimum Gasteiger partial charge on any atom is -0.356 e. The van der Waals surface area contributed by atoms with Crippen molar-refractivity contribution in [3.05, 3.63) is 59.8 Å². The monoisotopic (exact) mass is 541 g/mol. The van der Waals surface area contributed by atoms with Gasteiger partial charge in [-0.25, -0.2) is 4.98 Å². The molecule has 1 atom stereocenters. The van der Waals surface area contributed by atoms with Gasteiger partial charge < -0.3 is 15.5 Å². The van der Waals surface area contributed by atoms with Crippen LogP contribution >= 0.6 is 24.0 Å². The van der Waals surface area contributed by atoms with Crippen LogP contribution < -0.4 is 15.5 Å². The van der Waals surface area contributed by atoms with E-state index in [1.165, 1.54) is 5.56 Å². The molecule has 1 unspecified atom stereocenters. The van der Waals surface area contributed by atoms with E-state index in [1.54, 1.807) is 7.05 Å². The van der Waals surface area contributed by atoms with E-state index in [4.69, 9.17) is 0 Å². The third kappa shape index (κ3) is 7.86. The number of hydrogen-bond acceptors (Lipinski definition) is 4. The maximum atomic E-state index is 12.3. The van der Waals surface area contributed by atoms with Gasteiger partial charge in [-0.3, -0.25) is 9.20 Å². The minimum atomic E-state index is -0.883. The van der Waals surface area contributed by atoms with Gasteiger partial charge in [0.05, 0.1) is 0 Å². The number of benzene rings is 1. The zero-order valence-corrected chi connectivity index (χ0v) is 20.9. The smallest absolute Gasteiger partial charge is 0.191 e. The Balaban J connectivity index is 0.00000320. The van der Waals surface area contributed by atoms with Crippen LogP contribution in [0.15, 0.2) is 53.7 Å². The Hall–Kier alpha value is -1.68. The molecule has 0 amide bonds. The molecule has 2 aromatic rings. The van der Waals surface area contributed by atoms with Crippen LogP contribution in [0.4, 0.5) is 5.82 Å². The highest BCUT2D eigenvalue weighted by Crippen LogP contribution is 2.18. The first-order chi connectivity index (χ1) is 14.1. The van der Waals surface area contributed by atoms with E-state index in [-0.39, 0.29) is 24.0 Å². The summed E-state index contributed by atoms with van der Waals surface area (Å²) in [4.78, 5) is 11.2. The fourth-order valence-corrected chi connectivity index (χ4v) is 4.44. The first-order valence-electron chi connectivity index (χ1n) is 10.2. The first-order valence-corrected chi connectivity index (χ1v) is 11.7. The van der Waals surface area contributed by atoms with Gasteiger partial charge in [-0.2, -0.15) is 0 Å². The fourth-order valence-electron chi connectivity index (χ4n) is 3.40. The Kier molecular flexibility index (Phi) is 10.6. The van der Waals surface area contributed by atoms with Crippen molar-refractivity contribution < 1.29 is 4.21 Å². The number of rotatable bonds is 7. The molecule has 1 fully saturated rings. The highest BCUT2D eigenvalue weighted by molar-refractivity contribution is 14.0. The summed E-state index contributed by atoms with van der Waals surface area (Å²) in [6.07, 6.45) is 4.00. The number of guanidine groups is 1. The number of aryl methyl sites for hydroxylation is 1. The lowest BCUT2D eigenvalue weighted by atomic mass is 10.1. The topological polar surface area (TPSA) is 69.6 Å². The maximum absolute atomic E-state index is 12.3. The summed E-state index contributed by atoms with van der Waals surface area (Å²) in [5, 5.41) is 6.81. The molecule has 0 aliphatic carbocycles. The number of hydrogen-bond donors (Lipinski definition) is 2. The van der Waals surface area contributed by atoms with E-state index in [0.29, 0.717) is 24.1 Å². The number of pyridine rings is 1. The number of aromatic nitrogens is 1. The van der Waals surface area contributed by atoms with Gasteiger partial charge in [-0.05, 0) is 37.0 Å². The number of nitrogens with zero attached hydrogens (tertiary/aromatic N) is 3. The van der Waals surface area contributed by atoms with Crippen molar-refractivity contribution in [2.75, 3.05) is 37.3 Å². The van der Waals surface area contributed by atoms with Crippen molar-refractivity contribution in [2.45, 2.75) is 31.6 Å². The average molecular weight is 542 g/mol. The molecular weight excluding hydrogens is 509 g/mol. The lowest BCUT2D eigenvalue weighted by Crippen LogP contribution is -2.49. The largest absolute Gasteiger partial charge is 0.356 e. The van der Waals surface area contributed by atoms with Gasteiger partial charge in [-0.1, -0.05) is 36.4 Å². The first kappa shape index (κ1) is 24.6. The van der Waals surface area contributed by atoms with Crippen molar-refractivity contribution >= 4 is 46.6 Å². The molecule has 0 radical (unpaired) electrons. The molecule has 1 aromatic heterocycles. The Bertz CT molecular complexity index is 808. The second-order valence-electron chi connectivity index (χ2n) is 7.37. The third-order valence-electron chi connectivity index (χ3n) is 5.07. The highest BCUT2D eigenvalue weighted by Gasteiger charge is 2.20. The number of halogens is 1. The van der Waals surface area contributed by atoms with E-state index in [9.17, 15) is 4.21 Å². The highest BCUT2D eigenvalue weighted by atomic mass is 127. The molecule has 1 aromatic carbocycles. The van der Waals surface area contributed by atoms with Crippen LogP contribution in [0.5, 0.6) is 0 Å². The van der Waals surface area contributed by atoms with Crippen molar-refractivity contribution in [1.82, 2.24) is 15.6 Å². The molecule has 30 heavy (non-hydrogen) atoms. The molecule has 164 valence electrons. The predicted octanol–water partition coefficient (Wildman–Crippen LogP) is 3.09. The molecule has 2 N–H and O–H groups in total. The molecule has 0 bridgehead atoms. The van der Waals surface area contributed by atoms with Crippen molar-refractivity contribution in [3.63, 3.8) is 0 Å². The summed E-state index contributed by atoms with van der Waals surface area (Å²) < 4.78 is 12.3. The van der Waals surface area contributed by atoms with E-state index in [0.717, 1.165) is 43.3 Å². The van der Waals surface area contributed by atoms with Crippen LogP contribution in [0, 0.1) is 6.92 Å². The average Bonchev–Trinajstić information content (AvgIpc) is 2.75. The summed E-state index contributed by atoms with van der Waals surface area (Å²) in [7, 11) is 0.897. The lowest BCUT2D eigenvalue weighted by Gasteiger charge is -2.33. The van der Waals surface area contributed by atoms with Crippen molar-refractivity contribution in [1.29, 1.82) is 0 Å². The van der Waals surface area contributed by atoms with Gasteiger partial charge in [0.2, 0.25) is 0 Å². The number of piperidine rings is 1. The summed E-state index contributed by atoms with van der Waals surface area (Å²) >= 11 is 0. The molecule has 8 heteroatoms.